The third kappa shape index (κ3) is 8.38. The van der Waals surface area contributed by atoms with Gasteiger partial charge in [-0.25, -0.2) is 0 Å². The van der Waals surface area contributed by atoms with Crippen molar-refractivity contribution in [2.45, 2.75) is 77.0 Å². The summed E-state index contributed by atoms with van der Waals surface area (Å²) >= 11 is 0. The molecule has 0 fully saturated rings. The highest BCUT2D eigenvalue weighted by Crippen LogP contribution is 2.15. The standard InChI is InChI=1S/C17H30O/c1-18-17-15-13-11-9-7-5-3-2-4-6-8-10-12-14-16-17/h2-3,15H,4-14,16H2,1H3/b3-2+,17-15+. The van der Waals surface area contributed by atoms with Crippen LogP contribution in [0.5, 0.6) is 0 Å². The van der Waals surface area contributed by atoms with Crippen LogP contribution in [0.1, 0.15) is 77.0 Å². The molecule has 0 saturated heterocycles. The Kier molecular flexibility index (Phi) is 9.69. The fraction of sp³-hybridized carbons (Fsp3) is 0.765. The highest BCUT2D eigenvalue weighted by Gasteiger charge is 1.98. The molecule has 0 aromatic heterocycles. The van der Waals surface area contributed by atoms with Gasteiger partial charge >= 0.3 is 0 Å². The van der Waals surface area contributed by atoms with E-state index < -0.39 is 0 Å². The van der Waals surface area contributed by atoms with Crippen molar-refractivity contribution in [2.75, 3.05) is 7.11 Å². The van der Waals surface area contributed by atoms with Crippen molar-refractivity contribution >= 4 is 0 Å². The highest BCUT2D eigenvalue weighted by molar-refractivity contribution is 4.92. The minimum atomic E-state index is 1.14. The molecular weight excluding hydrogens is 220 g/mol. The van der Waals surface area contributed by atoms with E-state index in [0.717, 1.165) is 6.42 Å². The molecule has 0 N–H and O–H groups in total. The average molecular weight is 250 g/mol. The first kappa shape index (κ1) is 15.3. The lowest BCUT2D eigenvalue weighted by atomic mass is 10.1. The lowest BCUT2D eigenvalue weighted by molar-refractivity contribution is 0.271. The largest absolute Gasteiger partial charge is 0.501 e. The van der Waals surface area contributed by atoms with E-state index in [1.165, 1.54) is 76.4 Å². The summed E-state index contributed by atoms with van der Waals surface area (Å²) in [5, 5.41) is 0. The number of rotatable bonds is 1. The van der Waals surface area contributed by atoms with Gasteiger partial charge < -0.3 is 4.74 Å². The lowest BCUT2D eigenvalue weighted by Crippen LogP contribution is -1.89. The molecule has 0 aliphatic heterocycles. The molecule has 1 heteroatoms. The second-order valence-corrected chi connectivity index (χ2v) is 5.29. The summed E-state index contributed by atoms with van der Waals surface area (Å²) in [6.07, 6.45) is 22.7. The van der Waals surface area contributed by atoms with Crippen LogP contribution in [0.25, 0.3) is 0 Å². The van der Waals surface area contributed by atoms with Gasteiger partial charge in [0.05, 0.1) is 12.9 Å². The summed E-state index contributed by atoms with van der Waals surface area (Å²) in [4.78, 5) is 0. The van der Waals surface area contributed by atoms with Gasteiger partial charge in [-0.3, -0.25) is 0 Å². The Labute approximate surface area is 113 Å². The van der Waals surface area contributed by atoms with E-state index in [-0.39, 0.29) is 0 Å². The van der Waals surface area contributed by atoms with Crippen molar-refractivity contribution in [3.05, 3.63) is 24.0 Å². The molecule has 18 heavy (non-hydrogen) atoms. The van der Waals surface area contributed by atoms with Crippen molar-refractivity contribution in [3.63, 3.8) is 0 Å². The molecule has 0 radical (unpaired) electrons. The average Bonchev–Trinajstić information content (AvgIpc) is 2.39. The van der Waals surface area contributed by atoms with E-state index in [1.54, 1.807) is 0 Å². The fourth-order valence-corrected chi connectivity index (χ4v) is 2.46. The molecule has 0 aromatic carbocycles. The van der Waals surface area contributed by atoms with E-state index >= 15 is 0 Å². The molecule has 1 rings (SSSR count). The zero-order chi connectivity index (χ0) is 12.9. The van der Waals surface area contributed by atoms with Crippen LogP contribution in [0, 0.1) is 0 Å². The SMILES string of the molecule is CO/C1=C/CCCCC/C=C/CCCCCCC1. The predicted molar refractivity (Wildman–Crippen MR) is 79.6 cm³/mol. The summed E-state index contributed by atoms with van der Waals surface area (Å²) in [6.45, 7) is 0. The summed E-state index contributed by atoms with van der Waals surface area (Å²) in [7, 11) is 1.81. The zero-order valence-corrected chi connectivity index (χ0v) is 12.1. The van der Waals surface area contributed by atoms with Crippen molar-refractivity contribution in [1.29, 1.82) is 0 Å². The normalized spacial score (nSPS) is 25.9. The molecule has 0 aromatic rings. The van der Waals surface area contributed by atoms with Gasteiger partial charge in [-0.1, -0.05) is 37.8 Å². The molecule has 0 atom stereocenters. The van der Waals surface area contributed by atoms with Crippen LogP contribution in [-0.4, -0.2) is 7.11 Å². The zero-order valence-electron chi connectivity index (χ0n) is 12.1. The Balaban J connectivity index is 2.29. The molecule has 0 unspecified atom stereocenters. The molecule has 0 heterocycles. The van der Waals surface area contributed by atoms with Crippen LogP contribution < -0.4 is 0 Å². The van der Waals surface area contributed by atoms with Gasteiger partial charge in [-0.15, -0.1) is 0 Å². The first-order valence-electron chi connectivity index (χ1n) is 7.81. The summed E-state index contributed by atoms with van der Waals surface area (Å²) < 4.78 is 5.45. The maximum Gasteiger partial charge on any atom is 0.0915 e. The molecule has 0 saturated carbocycles. The topological polar surface area (TPSA) is 9.23 Å². The summed E-state index contributed by atoms with van der Waals surface area (Å²) in [5.74, 6) is 1.21. The Bertz CT molecular complexity index is 240. The molecule has 1 aliphatic rings. The molecule has 0 bridgehead atoms. The van der Waals surface area contributed by atoms with Gasteiger partial charge in [0.2, 0.25) is 0 Å². The predicted octanol–water partition coefficient (Wildman–Crippen LogP) is 5.77. The fourth-order valence-electron chi connectivity index (χ4n) is 2.46. The van der Waals surface area contributed by atoms with Gasteiger partial charge in [0.1, 0.15) is 0 Å². The van der Waals surface area contributed by atoms with Crippen LogP contribution in [0.4, 0.5) is 0 Å². The Morgan fingerprint density at radius 2 is 1.28 bits per heavy atom. The molecule has 1 nitrogen and oxygen atoms in total. The van der Waals surface area contributed by atoms with Crippen LogP contribution in [-0.2, 0) is 4.74 Å². The van der Waals surface area contributed by atoms with Crippen LogP contribution >= 0.6 is 0 Å². The smallest absolute Gasteiger partial charge is 0.0915 e. The second-order valence-electron chi connectivity index (χ2n) is 5.29. The van der Waals surface area contributed by atoms with E-state index in [0.29, 0.717) is 0 Å². The lowest BCUT2D eigenvalue weighted by Gasteiger charge is -2.07. The summed E-state index contributed by atoms with van der Waals surface area (Å²) in [5.41, 5.74) is 0. The third-order valence-corrected chi connectivity index (χ3v) is 3.67. The highest BCUT2D eigenvalue weighted by atomic mass is 16.5. The number of hydrogen-bond acceptors (Lipinski definition) is 1. The Morgan fingerprint density at radius 1 is 0.722 bits per heavy atom. The minimum Gasteiger partial charge on any atom is -0.501 e. The minimum absolute atomic E-state index is 1.14. The van der Waals surface area contributed by atoms with E-state index in [9.17, 15) is 0 Å². The summed E-state index contributed by atoms with van der Waals surface area (Å²) in [6, 6.07) is 0. The van der Waals surface area contributed by atoms with Gasteiger partial charge in [0.15, 0.2) is 0 Å². The van der Waals surface area contributed by atoms with E-state index in [4.69, 9.17) is 4.74 Å². The van der Waals surface area contributed by atoms with E-state index in [2.05, 4.69) is 18.2 Å². The molecular formula is C17H30O. The Morgan fingerprint density at radius 3 is 2.00 bits per heavy atom. The van der Waals surface area contributed by atoms with Gasteiger partial charge in [0.25, 0.3) is 0 Å². The first-order chi connectivity index (χ1) is 8.93. The van der Waals surface area contributed by atoms with Crippen LogP contribution in [0.2, 0.25) is 0 Å². The Hall–Kier alpha value is -0.720. The molecule has 1 aliphatic carbocycles. The monoisotopic (exact) mass is 250 g/mol. The molecule has 104 valence electrons. The van der Waals surface area contributed by atoms with Crippen molar-refractivity contribution in [3.8, 4) is 0 Å². The third-order valence-electron chi connectivity index (χ3n) is 3.67. The van der Waals surface area contributed by atoms with Crippen molar-refractivity contribution in [2.24, 2.45) is 0 Å². The van der Waals surface area contributed by atoms with Gasteiger partial charge in [0, 0.05) is 6.42 Å². The van der Waals surface area contributed by atoms with Gasteiger partial charge in [-0.2, -0.15) is 0 Å². The second kappa shape index (κ2) is 11.4. The molecule has 0 spiro atoms. The maximum atomic E-state index is 5.45. The quantitative estimate of drug-likeness (QED) is 0.537. The molecule has 0 amide bonds. The number of ether oxygens (including phenoxy) is 1. The number of allylic oxidation sites excluding steroid dienone is 4. The first-order valence-corrected chi connectivity index (χ1v) is 7.81. The van der Waals surface area contributed by atoms with Crippen molar-refractivity contribution < 1.29 is 4.74 Å². The maximum absolute atomic E-state index is 5.45. The number of methoxy groups -OCH3 is 1. The number of hydrogen-bond donors (Lipinski definition) is 0. The van der Waals surface area contributed by atoms with Gasteiger partial charge in [-0.05, 0) is 51.0 Å². The van der Waals surface area contributed by atoms with Crippen LogP contribution in [0.15, 0.2) is 24.0 Å². The van der Waals surface area contributed by atoms with E-state index in [1.807, 2.05) is 7.11 Å². The van der Waals surface area contributed by atoms with Crippen LogP contribution in [0.3, 0.4) is 0 Å². The van der Waals surface area contributed by atoms with Crippen molar-refractivity contribution in [1.82, 2.24) is 0 Å².